The van der Waals surface area contributed by atoms with Gasteiger partial charge in [0.05, 0.1) is 33.5 Å². The van der Waals surface area contributed by atoms with Crippen molar-refractivity contribution >= 4 is 17.7 Å². The van der Waals surface area contributed by atoms with Gasteiger partial charge < -0.3 is 18.9 Å². The van der Waals surface area contributed by atoms with Gasteiger partial charge in [-0.3, -0.25) is 0 Å². The monoisotopic (exact) mass is 348 g/mol. The summed E-state index contributed by atoms with van der Waals surface area (Å²) in [6.45, 7) is 2.12. The van der Waals surface area contributed by atoms with Gasteiger partial charge in [0, 0.05) is 9.79 Å². The molecular weight excluding hydrogens is 328 g/mol. The van der Waals surface area contributed by atoms with Crippen LogP contribution < -0.4 is 14.2 Å². The van der Waals surface area contributed by atoms with Crippen LogP contribution in [0.2, 0.25) is 0 Å². The molecule has 0 unspecified atom stereocenters. The second kappa shape index (κ2) is 8.49. The fourth-order valence-corrected chi connectivity index (χ4v) is 3.17. The molecule has 0 aliphatic heterocycles. The van der Waals surface area contributed by atoms with Crippen molar-refractivity contribution in [1.82, 2.24) is 0 Å². The Morgan fingerprint density at radius 2 is 1.62 bits per heavy atom. The van der Waals surface area contributed by atoms with Gasteiger partial charge in [0.1, 0.15) is 0 Å². The lowest BCUT2D eigenvalue weighted by atomic mass is 10.2. The van der Waals surface area contributed by atoms with Crippen LogP contribution in [0.5, 0.6) is 17.2 Å². The second-order valence-electron chi connectivity index (χ2n) is 4.68. The van der Waals surface area contributed by atoms with Crippen LogP contribution in [0, 0.1) is 0 Å². The average molecular weight is 348 g/mol. The first-order valence-electron chi connectivity index (χ1n) is 7.38. The molecule has 0 radical (unpaired) electrons. The highest BCUT2D eigenvalue weighted by molar-refractivity contribution is 7.99. The number of benzene rings is 2. The molecule has 0 fully saturated rings. The minimum atomic E-state index is -0.340. The molecule has 6 heteroatoms. The third-order valence-electron chi connectivity index (χ3n) is 3.25. The molecule has 0 saturated heterocycles. The van der Waals surface area contributed by atoms with Crippen LogP contribution >= 0.6 is 11.8 Å². The van der Waals surface area contributed by atoms with Crippen molar-refractivity contribution in [2.75, 3.05) is 27.9 Å². The molecule has 2 aromatic rings. The molecule has 2 aromatic carbocycles. The fourth-order valence-electron chi connectivity index (χ4n) is 2.18. The van der Waals surface area contributed by atoms with Gasteiger partial charge in [-0.05, 0) is 31.2 Å². The summed E-state index contributed by atoms with van der Waals surface area (Å²) in [7, 11) is 4.69. The van der Waals surface area contributed by atoms with Crippen LogP contribution in [0.15, 0.2) is 46.2 Å². The van der Waals surface area contributed by atoms with E-state index in [-0.39, 0.29) is 5.97 Å². The Hall–Kier alpha value is -2.34. The number of hydrogen-bond donors (Lipinski definition) is 0. The zero-order chi connectivity index (χ0) is 17.5. The van der Waals surface area contributed by atoms with Gasteiger partial charge in [-0.25, -0.2) is 4.79 Å². The van der Waals surface area contributed by atoms with Crippen LogP contribution in [-0.2, 0) is 4.74 Å². The Bertz CT molecular complexity index is 689. The van der Waals surface area contributed by atoms with E-state index in [1.807, 2.05) is 30.3 Å². The SMILES string of the molecule is CCOC(=O)c1ccccc1Sc1cc(OC)c(OC)c(OC)c1. The smallest absolute Gasteiger partial charge is 0.339 e. The Morgan fingerprint density at radius 1 is 1.00 bits per heavy atom. The van der Waals surface area contributed by atoms with E-state index in [0.29, 0.717) is 29.4 Å². The molecule has 128 valence electrons. The summed E-state index contributed by atoms with van der Waals surface area (Å²) in [5.41, 5.74) is 0.526. The van der Waals surface area contributed by atoms with Crippen LogP contribution in [0.25, 0.3) is 0 Å². The normalized spacial score (nSPS) is 10.2. The van der Waals surface area contributed by atoms with Gasteiger partial charge in [-0.15, -0.1) is 0 Å². The van der Waals surface area contributed by atoms with E-state index in [4.69, 9.17) is 18.9 Å². The molecule has 0 atom stereocenters. The first kappa shape index (κ1) is 18.0. The van der Waals surface area contributed by atoms with Crippen molar-refractivity contribution in [3.63, 3.8) is 0 Å². The molecule has 0 heterocycles. The van der Waals surface area contributed by atoms with Crippen molar-refractivity contribution in [1.29, 1.82) is 0 Å². The van der Waals surface area contributed by atoms with E-state index < -0.39 is 0 Å². The van der Waals surface area contributed by atoms with Crippen LogP contribution in [0.3, 0.4) is 0 Å². The Balaban J connectivity index is 2.40. The van der Waals surface area contributed by atoms with E-state index in [0.717, 1.165) is 9.79 Å². The summed E-state index contributed by atoms with van der Waals surface area (Å²) in [6.07, 6.45) is 0. The summed E-state index contributed by atoms with van der Waals surface area (Å²) in [5, 5.41) is 0. The topological polar surface area (TPSA) is 54.0 Å². The number of carbonyl (C=O) groups excluding carboxylic acids is 1. The van der Waals surface area contributed by atoms with Crippen molar-refractivity contribution in [2.45, 2.75) is 16.7 Å². The van der Waals surface area contributed by atoms with Crippen molar-refractivity contribution in [3.8, 4) is 17.2 Å². The van der Waals surface area contributed by atoms with Crippen molar-refractivity contribution in [2.24, 2.45) is 0 Å². The molecule has 0 aliphatic carbocycles. The minimum Gasteiger partial charge on any atom is -0.493 e. The molecule has 0 saturated carbocycles. The predicted molar refractivity (Wildman–Crippen MR) is 92.6 cm³/mol. The zero-order valence-electron chi connectivity index (χ0n) is 14.1. The lowest BCUT2D eigenvalue weighted by molar-refractivity contribution is 0.0522. The summed E-state index contributed by atoms with van der Waals surface area (Å²) in [5.74, 6) is 1.32. The summed E-state index contributed by atoms with van der Waals surface area (Å²) in [6, 6.07) is 11.0. The predicted octanol–water partition coefficient (Wildman–Crippen LogP) is 4.04. The molecule has 24 heavy (non-hydrogen) atoms. The molecule has 0 aromatic heterocycles. The van der Waals surface area contributed by atoms with Crippen LogP contribution in [-0.4, -0.2) is 33.9 Å². The third kappa shape index (κ3) is 3.94. The molecular formula is C18H20O5S. The van der Waals surface area contributed by atoms with Gasteiger partial charge in [0.25, 0.3) is 0 Å². The lowest BCUT2D eigenvalue weighted by Gasteiger charge is -2.14. The fraction of sp³-hybridized carbons (Fsp3) is 0.278. The molecule has 0 amide bonds. The van der Waals surface area contributed by atoms with Crippen molar-refractivity contribution < 1.29 is 23.7 Å². The Morgan fingerprint density at radius 3 is 2.17 bits per heavy atom. The van der Waals surface area contributed by atoms with Gasteiger partial charge in [-0.1, -0.05) is 23.9 Å². The molecule has 0 spiro atoms. The number of ether oxygens (including phenoxy) is 4. The van der Waals surface area contributed by atoms with Gasteiger partial charge >= 0.3 is 5.97 Å². The summed E-state index contributed by atoms with van der Waals surface area (Å²) < 4.78 is 21.2. The first-order valence-corrected chi connectivity index (χ1v) is 8.20. The quantitative estimate of drug-likeness (QED) is 0.704. The lowest BCUT2D eigenvalue weighted by Crippen LogP contribution is -2.05. The van der Waals surface area contributed by atoms with E-state index >= 15 is 0 Å². The van der Waals surface area contributed by atoms with Crippen LogP contribution in [0.4, 0.5) is 0 Å². The second-order valence-corrected chi connectivity index (χ2v) is 5.80. The maximum atomic E-state index is 12.1. The van der Waals surface area contributed by atoms with E-state index in [2.05, 4.69) is 0 Å². The number of hydrogen-bond acceptors (Lipinski definition) is 6. The molecule has 5 nitrogen and oxygen atoms in total. The molecule has 0 N–H and O–H groups in total. The highest BCUT2D eigenvalue weighted by Gasteiger charge is 2.17. The van der Waals surface area contributed by atoms with Crippen molar-refractivity contribution in [3.05, 3.63) is 42.0 Å². The third-order valence-corrected chi connectivity index (χ3v) is 4.30. The van der Waals surface area contributed by atoms with Gasteiger partial charge in [0.15, 0.2) is 11.5 Å². The maximum Gasteiger partial charge on any atom is 0.339 e. The van der Waals surface area contributed by atoms with Gasteiger partial charge in [-0.2, -0.15) is 0 Å². The standard InChI is InChI=1S/C18H20O5S/c1-5-23-18(19)13-8-6-7-9-16(13)24-12-10-14(20-2)17(22-4)15(11-12)21-3/h6-11H,5H2,1-4H3. The summed E-state index contributed by atoms with van der Waals surface area (Å²) >= 11 is 1.43. The number of carbonyl (C=O) groups is 1. The first-order chi connectivity index (χ1) is 11.6. The average Bonchev–Trinajstić information content (AvgIpc) is 2.61. The molecule has 0 aliphatic rings. The Labute approximate surface area is 145 Å². The Kier molecular flexibility index (Phi) is 6.37. The number of methoxy groups -OCH3 is 3. The minimum absolute atomic E-state index is 0.335. The highest BCUT2D eigenvalue weighted by Crippen LogP contribution is 2.43. The van der Waals surface area contributed by atoms with E-state index in [1.54, 1.807) is 34.3 Å². The maximum absolute atomic E-state index is 12.1. The summed E-state index contributed by atoms with van der Waals surface area (Å²) in [4.78, 5) is 13.8. The molecule has 0 bridgehead atoms. The number of rotatable bonds is 7. The zero-order valence-corrected chi connectivity index (χ0v) is 14.9. The van der Waals surface area contributed by atoms with Gasteiger partial charge in [0.2, 0.25) is 5.75 Å². The largest absolute Gasteiger partial charge is 0.493 e. The number of esters is 1. The van der Waals surface area contributed by atoms with E-state index in [9.17, 15) is 4.79 Å². The highest BCUT2D eigenvalue weighted by atomic mass is 32.2. The van der Waals surface area contributed by atoms with Crippen LogP contribution in [0.1, 0.15) is 17.3 Å². The molecule has 2 rings (SSSR count). The van der Waals surface area contributed by atoms with E-state index in [1.165, 1.54) is 11.8 Å².